The van der Waals surface area contributed by atoms with Crippen LogP contribution in [0.4, 0.5) is 31.7 Å². The van der Waals surface area contributed by atoms with Crippen molar-refractivity contribution in [3.8, 4) is 11.6 Å². The highest BCUT2D eigenvalue weighted by Gasteiger charge is 2.21. The lowest BCUT2D eigenvalue weighted by atomic mass is 10.2. The Kier molecular flexibility index (Phi) is 8.35. The Hall–Kier alpha value is -4.58. The summed E-state index contributed by atoms with van der Waals surface area (Å²) in [7, 11) is 2.09. The van der Waals surface area contributed by atoms with E-state index in [0.29, 0.717) is 11.8 Å². The van der Waals surface area contributed by atoms with E-state index in [4.69, 9.17) is 10.5 Å². The van der Waals surface area contributed by atoms with Gasteiger partial charge in [0.25, 0.3) is 5.91 Å². The first-order chi connectivity index (χ1) is 18.7. The van der Waals surface area contributed by atoms with E-state index in [-0.39, 0.29) is 35.2 Å². The van der Waals surface area contributed by atoms with E-state index >= 15 is 0 Å². The first-order valence-corrected chi connectivity index (χ1v) is 12.3. The highest BCUT2D eigenvalue weighted by Crippen LogP contribution is 2.32. The maximum Gasteiger partial charge on any atom is 0.271 e. The molecule has 204 valence electrons. The normalized spacial score (nSPS) is 13.6. The van der Waals surface area contributed by atoms with E-state index in [1.807, 2.05) is 24.3 Å². The minimum Gasteiger partial charge on any atom is -0.434 e. The van der Waals surface area contributed by atoms with Crippen LogP contribution < -0.4 is 26.0 Å². The Labute approximate surface area is 224 Å². The number of hydrogen-bond donors (Lipinski definition) is 3. The van der Waals surface area contributed by atoms with Crippen LogP contribution in [0.1, 0.15) is 23.1 Å². The smallest absolute Gasteiger partial charge is 0.271 e. The molecular formula is C27H29F2N7O3. The monoisotopic (exact) mass is 537 g/mol. The van der Waals surface area contributed by atoms with Crippen LogP contribution in [-0.4, -0.2) is 59.9 Å². The standard InChI is InChI=1S/C27H29F2N7O3/c1-4-20-27(39-22-15-21(32-23(37)5-2)18(28)14-19(22)29)34-26(24(33-20)25(30)38)31-16-6-8-17(9-7-16)36-12-10-35(3)11-13-36/h5-9,14-15H,2,4,10-13H2,1,3H3,(H2,30,38)(H,31,34)(H,32,37). The molecular weight excluding hydrogens is 508 g/mol. The first kappa shape index (κ1) is 27.5. The number of hydrogen-bond acceptors (Lipinski definition) is 8. The van der Waals surface area contributed by atoms with E-state index in [2.05, 4.69) is 44.0 Å². The average Bonchev–Trinajstić information content (AvgIpc) is 2.92. The quantitative estimate of drug-likeness (QED) is 0.352. The van der Waals surface area contributed by atoms with Crippen molar-refractivity contribution in [2.45, 2.75) is 13.3 Å². The third-order valence-electron chi connectivity index (χ3n) is 6.17. The zero-order chi connectivity index (χ0) is 28.1. The van der Waals surface area contributed by atoms with Gasteiger partial charge in [-0.15, -0.1) is 0 Å². The highest BCUT2D eigenvalue weighted by molar-refractivity contribution is 5.99. The summed E-state index contributed by atoms with van der Waals surface area (Å²) in [6.45, 7) is 8.82. The number of aromatic nitrogens is 2. The fraction of sp³-hybridized carbons (Fsp3) is 0.259. The molecule has 0 aliphatic carbocycles. The molecule has 1 fully saturated rings. The van der Waals surface area contributed by atoms with Gasteiger partial charge in [-0.05, 0) is 43.8 Å². The van der Waals surface area contributed by atoms with Crippen molar-refractivity contribution in [3.63, 3.8) is 0 Å². The van der Waals surface area contributed by atoms with E-state index in [0.717, 1.165) is 44.0 Å². The Morgan fingerprint density at radius 3 is 2.41 bits per heavy atom. The Balaban J connectivity index is 1.63. The maximum atomic E-state index is 14.6. The Bertz CT molecular complexity index is 1390. The summed E-state index contributed by atoms with van der Waals surface area (Å²) >= 11 is 0. The number of carbonyl (C=O) groups is 2. The Morgan fingerprint density at radius 2 is 1.79 bits per heavy atom. The fourth-order valence-corrected chi connectivity index (χ4v) is 3.97. The predicted molar refractivity (Wildman–Crippen MR) is 145 cm³/mol. The number of amides is 2. The number of aryl methyl sites for hydroxylation is 1. The molecule has 0 atom stereocenters. The van der Waals surface area contributed by atoms with Crippen LogP contribution in [0.3, 0.4) is 0 Å². The second-order valence-electron chi connectivity index (χ2n) is 8.91. The van der Waals surface area contributed by atoms with E-state index in [1.54, 1.807) is 6.92 Å². The molecule has 0 saturated carbocycles. The molecule has 2 amide bonds. The molecule has 12 heteroatoms. The van der Waals surface area contributed by atoms with E-state index in [1.165, 1.54) is 0 Å². The molecule has 4 rings (SSSR count). The lowest BCUT2D eigenvalue weighted by Crippen LogP contribution is -2.44. The highest BCUT2D eigenvalue weighted by atomic mass is 19.1. The Morgan fingerprint density at radius 1 is 1.10 bits per heavy atom. The molecule has 4 N–H and O–H groups in total. The van der Waals surface area contributed by atoms with Crippen molar-refractivity contribution in [2.75, 3.05) is 48.8 Å². The molecule has 1 aliphatic rings. The summed E-state index contributed by atoms with van der Waals surface area (Å²) in [5.74, 6) is -4.05. The molecule has 1 saturated heterocycles. The van der Waals surface area contributed by atoms with Crippen LogP contribution >= 0.6 is 0 Å². The summed E-state index contributed by atoms with van der Waals surface area (Å²) < 4.78 is 34.4. The summed E-state index contributed by atoms with van der Waals surface area (Å²) in [4.78, 5) is 37.0. The number of nitrogens with two attached hydrogens (primary N) is 1. The summed E-state index contributed by atoms with van der Waals surface area (Å²) in [5, 5.41) is 5.28. The van der Waals surface area contributed by atoms with Crippen LogP contribution in [0.5, 0.6) is 11.6 Å². The van der Waals surface area contributed by atoms with Crippen molar-refractivity contribution >= 4 is 34.7 Å². The number of anilines is 4. The summed E-state index contributed by atoms with van der Waals surface area (Å²) in [6.07, 6.45) is 1.22. The largest absolute Gasteiger partial charge is 0.434 e. The predicted octanol–water partition coefficient (Wildman–Crippen LogP) is 3.83. The van der Waals surface area contributed by atoms with Gasteiger partial charge in [0, 0.05) is 49.7 Å². The number of piperazine rings is 1. The van der Waals surface area contributed by atoms with Gasteiger partial charge in [-0.3, -0.25) is 9.59 Å². The van der Waals surface area contributed by atoms with Crippen molar-refractivity contribution in [2.24, 2.45) is 5.73 Å². The number of nitrogens with zero attached hydrogens (tertiary/aromatic N) is 4. The van der Waals surface area contributed by atoms with Crippen LogP contribution in [-0.2, 0) is 11.2 Å². The van der Waals surface area contributed by atoms with Gasteiger partial charge in [-0.1, -0.05) is 13.5 Å². The lowest BCUT2D eigenvalue weighted by Gasteiger charge is -2.34. The molecule has 1 aliphatic heterocycles. The summed E-state index contributed by atoms with van der Waals surface area (Å²) in [5.41, 5.74) is 7.03. The van der Waals surface area contributed by atoms with Gasteiger partial charge in [0.2, 0.25) is 11.8 Å². The topological polar surface area (TPSA) is 126 Å². The summed E-state index contributed by atoms with van der Waals surface area (Å²) in [6, 6.07) is 9.14. The van der Waals surface area contributed by atoms with Crippen LogP contribution in [0.2, 0.25) is 0 Å². The number of carbonyl (C=O) groups excluding carboxylic acids is 2. The molecule has 39 heavy (non-hydrogen) atoms. The van der Waals surface area contributed by atoms with Crippen molar-refractivity contribution < 1.29 is 23.1 Å². The average molecular weight is 538 g/mol. The molecule has 0 bridgehead atoms. The number of likely N-dealkylation sites (N-methyl/N-ethyl adjacent to an activating group) is 1. The second-order valence-corrected chi connectivity index (χ2v) is 8.91. The zero-order valence-corrected chi connectivity index (χ0v) is 21.6. The second kappa shape index (κ2) is 11.9. The van der Waals surface area contributed by atoms with Gasteiger partial charge in [0.15, 0.2) is 23.1 Å². The first-order valence-electron chi connectivity index (χ1n) is 12.3. The van der Waals surface area contributed by atoms with Gasteiger partial charge in [0.05, 0.1) is 5.69 Å². The number of benzene rings is 2. The SMILES string of the molecule is C=CC(=O)Nc1cc(Oc2nc(Nc3ccc(N4CCN(C)CC4)cc3)c(C(N)=O)nc2CC)c(F)cc1F. The molecule has 10 nitrogen and oxygen atoms in total. The number of rotatable bonds is 9. The fourth-order valence-electron chi connectivity index (χ4n) is 3.97. The maximum absolute atomic E-state index is 14.6. The number of primary amides is 1. The minimum absolute atomic E-state index is 0.00440. The molecule has 1 aromatic heterocycles. The zero-order valence-electron chi connectivity index (χ0n) is 21.6. The lowest BCUT2D eigenvalue weighted by molar-refractivity contribution is -0.111. The van der Waals surface area contributed by atoms with Gasteiger partial charge in [0.1, 0.15) is 11.5 Å². The van der Waals surface area contributed by atoms with Gasteiger partial charge in [-0.2, -0.15) is 4.98 Å². The van der Waals surface area contributed by atoms with Crippen molar-refractivity contribution in [1.82, 2.24) is 14.9 Å². The van der Waals surface area contributed by atoms with Crippen molar-refractivity contribution in [1.29, 1.82) is 0 Å². The molecule has 2 aromatic carbocycles. The molecule has 0 spiro atoms. The molecule has 0 radical (unpaired) electrons. The van der Waals surface area contributed by atoms with Crippen LogP contribution in [0.15, 0.2) is 49.1 Å². The van der Waals surface area contributed by atoms with Crippen LogP contribution in [0, 0.1) is 11.6 Å². The van der Waals surface area contributed by atoms with Gasteiger partial charge in [-0.25, -0.2) is 13.8 Å². The third kappa shape index (κ3) is 6.47. The van der Waals surface area contributed by atoms with Crippen LogP contribution in [0.25, 0.3) is 0 Å². The minimum atomic E-state index is -1.03. The number of nitrogens with one attached hydrogen (secondary N) is 2. The van der Waals surface area contributed by atoms with E-state index < -0.39 is 29.2 Å². The van der Waals surface area contributed by atoms with E-state index in [9.17, 15) is 18.4 Å². The number of halogens is 2. The molecule has 0 unspecified atom stereocenters. The van der Waals surface area contributed by atoms with Gasteiger partial charge < -0.3 is 30.9 Å². The van der Waals surface area contributed by atoms with Gasteiger partial charge >= 0.3 is 0 Å². The number of ether oxygens (including phenoxy) is 1. The molecule has 3 aromatic rings. The third-order valence-corrected chi connectivity index (χ3v) is 6.17. The van der Waals surface area contributed by atoms with Crippen molar-refractivity contribution in [3.05, 3.63) is 72.1 Å². The molecule has 2 heterocycles.